The first-order chi connectivity index (χ1) is 8.33. The summed E-state index contributed by atoms with van der Waals surface area (Å²) in [5, 5.41) is 9.08. The van der Waals surface area contributed by atoms with Gasteiger partial charge in [-0.15, -0.1) is 0 Å². The van der Waals surface area contributed by atoms with Crippen molar-refractivity contribution in [1.29, 1.82) is 0 Å². The second-order valence-electron chi connectivity index (χ2n) is 4.76. The van der Waals surface area contributed by atoms with E-state index < -0.39 is 6.29 Å². The Morgan fingerprint density at radius 2 is 1.76 bits per heavy atom. The number of ether oxygens (including phenoxy) is 1. The van der Waals surface area contributed by atoms with E-state index in [1.807, 2.05) is 18.2 Å². The fourth-order valence-corrected chi connectivity index (χ4v) is 2.98. The predicted octanol–water partition coefficient (Wildman–Crippen LogP) is 3.35. The molecule has 0 aliphatic heterocycles. The van der Waals surface area contributed by atoms with Crippen molar-refractivity contribution in [2.75, 3.05) is 7.11 Å². The molecular formula is C14H20O3. The molecule has 0 spiro atoms. The minimum absolute atomic E-state index is 0.205. The van der Waals surface area contributed by atoms with Crippen molar-refractivity contribution >= 4 is 0 Å². The third kappa shape index (κ3) is 2.37. The molecular weight excluding hydrogens is 216 g/mol. The van der Waals surface area contributed by atoms with Crippen LogP contribution in [-0.2, 0) is 15.0 Å². The van der Waals surface area contributed by atoms with Gasteiger partial charge in [0.15, 0.2) is 6.29 Å². The van der Waals surface area contributed by atoms with Gasteiger partial charge in [-0.2, -0.15) is 0 Å². The molecule has 1 saturated carbocycles. The second-order valence-corrected chi connectivity index (χ2v) is 4.76. The Morgan fingerprint density at radius 3 is 2.29 bits per heavy atom. The summed E-state index contributed by atoms with van der Waals surface area (Å²) in [5.41, 5.74) is 0.990. The SMILES string of the molecule is COC(OO)C1(c2ccccc2)CCCCC1. The zero-order chi connectivity index (χ0) is 12.1. The first kappa shape index (κ1) is 12.6. The topological polar surface area (TPSA) is 38.7 Å². The molecule has 0 bridgehead atoms. The molecule has 0 heterocycles. The summed E-state index contributed by atoms with van der Waals surface area (Å²) in [5.74, 6) is 0. The van der Waals surface area contributed by atoms with Crippen LogP contribution in [0.2, 0.25) is 0 Å². The van der Waals surface area contributed by atoms with Gasteiger partial charge in [-0.05, 0) is 18.4 Å². The molecule has 0 aromatic heterocycles. The predicted molar refractivity (Wildman–Crippen MR) is 65.7 cm³/mol. The molecule has 1 aliphatic rings. The van der Waals surface area contributed by atoms with Gasteiger partial charge >= 0.3 is 0 Å². The fourth-order valence-electron chi connectivity index (χ4n) is 2.98. The van der Waals surface area contributed by atoms with E-state index in [0.717, 1.165) is 25.7 Å². The van der Waals surface area contributed by atoms with Gasteiger partial charge < -0.3 is 4.74 Å². The van der Waals surface area contributed by atoms with Crippen LogP contribution < -0.4 is 0 Å². The highest BCUT2D eigenvalue weighted by Crippen LogP contribution is 2.43. The van der Waals surface area contributed by atoms with E-state index in [1.165, 1.54) is 12.0 Å². The largest absolute Gasteiger partial charge is 0.352 e. The third-order valence-corrected chi connectivity index (χ3v) is 3.86. The quantitative estimate of drug-likeness (QED) is 0.495. The number of rotatable bonds is 4. The molecule has 1 atom stereocenters. The van der Waals surface area contributed by atoms with Gasteiger partial charge in [0.1, 0.15) is 0 Å². The second kappa shape index (κ2) is 5.63. The molecule has 94 valence electrons. The molecule has 1 fully saturated rings. The van der Waals surface area contributed by atoms with Gasteiger partial charge in [0, 0.05) is 12.5 Å². The number of hydrogen-bond acceptors (Lipinski definition) is 3. The maximum absolute atomic E-state index is 9.08. The number of hydrogen-bond donors (Lipinski definition) is 1. The molecule has 0 amide bonds. The van der Waals surface area contributed by atoms with E-state index >= 15 is 0 Å². The van der Waals surface area contributed by atoms with Crippen LogP contribution in [0, 0.1) is 0 Å². The summed E-state index contributed by atoms with van der Waals surface area (Å²) in [4.78, 5) is 4.57. The first-order valence-corrected chi connectivity index (χ1v) is 6.22. The van der Waals surface area contributed by atoms with E-state index in [2.05, 4.69) is 17.0 Å². The average molecular weight is 236 g/mol. The van der Waals surface area contributed by atoms with Crippen molar-refractivity contribution in [3.63, 3.8) is 0 Å². The molecule has 3 heteroatoms. The van der Waals surface area contributed by atoms with Crippen LogP contribution in [0.4, 0.5) is 0 Å². The van der Waals surface area contributed by atoms with Crippen LogP contribution >= 0.6 is 0 Å². The van der Waals surface area contributed by atoms with Gasteiger partial charge in [0.2, 0.25) is 0 Å². The van der Waals surface area contributed by atoms with E-state index in [4.69, 9.17) is 9.99 Å². The minimum atomic E-state index is -0.579. The monoisotopic (exact) mass is 236 g/mol. The highest BCUT2D eigenvalue weighted by atomic mass is 17.1. The molecule has 1 aromatic carbocycles. The van der Waals surface area contributed by atoms with E-state index in [0.29, 0.717) is 0 Å². The van der Waals surface area contributed by atoms with Crippen molar-refractivity contribution in [2.24, 2.45) is 0 Å². The van der Waals surface area contributed by atoms with E-state index in [9.17, 15) is 0 Å². The molecule has 1 unspecified atom stereocenters. The highest BCUT2D eigenvalue weighted by Gasteiger charge is 2.43. The standard InChI is InChI=1S/C14H20O3/c1-16-13(17-15)14(10-6-3-7-11-14)12-8-4-2-5-9-12/h2,4-5,8-9,13,15H,3,6-7,10-11H2,1H3. The number of benzene rings is 1. The van der Waals surface area contributed by atoms with Crippen molar-refractivity contribution in [3.05, 3.63) is 35.9 Å². The molecule has 1 N–H and O–H groups in total. The van der Waals surface area contributed by atoms with Gasteiger partial charge in [-0.25, -0.2) is 10.1 Å². The lowest BCUT2D eigenvalue weighted by Gasteiger charge is -2.41. The zero-order valence-electron chi connectivity index (χ0n) is 10.3. The number of methoxy groups -OCH3 is 1. The lowest BCUT2D eigenvalue weighted by atomic mass is 9.69. The van der Waals surface area contributed by atoms with Gasteiger partial charge in [-0.1, -0.05) is 49.6 Å². The van der Waals surface area contributed by atoms with Gasteiger partial charge in [-0.3, -0.25) is 0 Å². The van der Waals surface area contributed by atoms with Crippen LogP contribution in [0.25, 0.3) is 0 Å². The maximum atomic E-state index is 9.08. The normalized spacial score (nSPS) is 21.1. The Bertz CT molecular complexity index is 327. The lowest BCUT2D eigenvalue weighted by Crippen LogP contribution is -2.43. The van der Waals surface area contributed by atoms with Crippen LogP contribution in [0.15, 0.2) is 30.3 Å². The Labute approximate surface area is 102 Å². The molecule has 0 saturated heterocycles. The Hall–Kier alpha value is -0.900. The maximum Gasteiger partial charge on any atom is 0.200 e. The molecule has 2 rings (SSSR count). The first-order valence-electron chi connectivity index (χ1n) is 6.22. The van der Waals surface area contributed by atoms with Crippen molar-refractivity contribution in [1.82, 2.24) is 0 Å². The highest BCUT2D eigenvalue weighted by molar-refractivity contribution is 5.27. The Balaban J connectivity index is 2.35. The minimum Gasteiger partial charge on any atom is -0.352 e. The van der Waals surface area contributed by atoms with Crippen molar-refractivity contribution in [2.45, 2.75) is 43.8 Å². The van der Waals surface area contributed by atoms with E-state index in [1.54, 1.807) is 7.11 Å². The summed E-state index contributed by atoms with van der Waals surface area (Å²) in [6, 6.07) is 10.2. The zero-order valence-corrected chi connectivity index (χ0v) is 10.3. The molecule has 0 radical (unpaired) electrons. The summed E-state index contributed by atoms with van der Waals surface area (Å²) in [6.07, 6.45) is 4.96. The molecule has 3 nitrogen and oxygen atoms in total. The summed E-state index contributed by atoms with van der Waals surface area (Å²) < 4.78 is 5.32. The Morgan fingerprint density at radius 1 is 1.12 bits per heavy atom. The summed E-state index contributed by atoms with van der Waals surface area (Å²) in [7, 11) is 1.58. The molecule has 17 heavy (non-hydrogen) atoms. The van der Waals surface area contributed by atoms with E-state index in [-0.39, 0.29) is 5.41 Å². The summed E-state index contributed by atoms with van der Waals surface area (Å²) >= 11 is 0. The van der Waals surface area contributed by atoms with Gasteiger partial charge in [0.25, 0.3) is 0 Å². The van der Waals surface area contributed by atoms with Crippen LogP contribution in [-0.4, -0.2) is 18.7 Å². The van der Waals surface area contributed by atoms with Crippen LogP contribution in [0.1, 0.15) is 37.7 Å². The van der Waals surface area contributed by atoms with Crippen LogP contribution in [0.3, 0.4) is 0 Å². The summed E-state index contributed by atoms with van der Waals surface area (Å²) in [6.45, 7) is 0. The van der Waals surface area contributed by atoms with Gasteiger partial charge in [0.05, 0.1) is 0 Å². The Kier molecular flexibility index (Phi) is 4.15. The smallest absolute Gasteiger partial charge is 0.200 e. The fraction of sp³-hybridized carbons (Fsp3) is 0.571. The van der Waals surface area contributed by atoms with Crippen molar-refractivity contribution < 1.29 is 14.9 Å². The van der Waals surface area contributed by atoms with Crippen molar-refractivity contribution in [3.8, 4) is 0 Å². The molecule has 1 aliphatic carbocycles. The third-order valence-electron chi connectivity index (χ3n) is 3.86. The average Bonchev–Trinajstić information content (AvgIpc) is 2.42. The lowest BCUT2D eigenvalue weighted by molar-refractivity contribution is -0.361. The molecule has 1 aromatic rings. The van der Waals surface area contributed by atoms with Crippen LogP contribution in [0.5, 0.6) is 0 Å².